The van der Waals surface area contributed by atoms with Crippen LogP contribution in [0.2, 0.25) is 0 Å². The van der Waals surface area contributed by atoms with Crippen molar-refractivity contribution in [2.45, 2.75) is 50.8 Å². The van der Waals surface area contributed by atoms with E-state index in [1.165, 1.54) is 4.31 Å². The van der Waals surface area contributed by atoms with Crippen LogP contribution in [0.4, 0.5) is 5.69 Å². The zero-order chi connectivity index (χ0) is 15.5. The highest BCUT2D eigenvalue weighted by molar-refractivity contribution is 7.89. The van der Waals surface area contributed by atoms with Crippen molar-refractivity contribution in [1.29, 1.82) is 0 Å². The maximum absolute atomic E-state index is 12.8. The van der Waals surface area contributed by atoms with E-state index in [4.69, 9.17) is 0 Å². The van der Waals surface area contributed by atoms with Crippen LogP contribution in [0.25, 0.3) is 0 Å². The Balaban J connectivity index is 2.32. The number of nitrogens with one attached hydrogen (secondary N) is 1. The van der Waals surface area contributed by atoms with Crippen LogP contribution in [0.1, 0.15) is 43.7 Å². The van der Waals surface area contributed by atoms with Crippen molar-refractivity contribution in [3.05, 3.63) is 23.3 Å². The molecular formula is C16H26N2O2S. The van der Waals surface area contributed by atoms with Gasteiger partial charge in [-0.1, -0.05) is 25.8 Å². The van der Waals surface area contributed by atoms with E-state index in [-0.39, 0.29) is 0 Å². The maximum Gasteiger partial charge on any atom is 0.243 e. The molecule has 21 heavy (non-hydrogen) atoms. The fourth-order valence-electron chi connectivity index (χ4n) is 2.83. The van der Waals surface area contributed by atoms with Gasteiger partial charge < -0.3 is 5.32 Å². The summed E-state index contributed by atoms with van der Waals surface area (Å²) in [5, 5.41) is 3.35. The Morgan fingerprint density at radius 2 is 2.05 bits per heavy atom. The SMILES string of the molecule is CCCCCN(C)S(=O)(=O)c1ccc(C)c2c1CCCN2. The lowest BCUT2D eigenvalue weighted by atomic mass is 10.00. The molecule has 0 unspecified atom stereocenters. The Morgan fingerprint density at radius 1 is 1.29 bits per heavy atom. The van der Waals surface area contributed by atoms with Gasteiger partial charge in [-0.2, -0.15) is 0 Å². The summed E-state index contributed by atoms with van der Waals surface area (Å²) in [5.41, 5.74) is 3.10. The number of fused-ring (bicyclic) bond motifs is 1. The third-order valence-corrected chi connectivity index (χ3v) is 6.09. The van der Waals surface area contributed by atoms with Crippen molar-refractivity contribution in [2.75, 3.05) is 25.5 Å². The van der Waals surface area contributed by atoms with Crippen molar-refractivity contribution in [2.24, 2.45) is 0 Å². The molecule has 0 amide bonds. The number of nitrogens with zero attached hydrogens (tertiary/aromatic N) is 1. The van der Waals surface area contributed by atoms with Crippen LogP contribution in [0.3, 0.4) is 0 Å². The minimum atomic E-state index is -3.38. The van der Waals surface area contributed by atoms with E-state index in [1.807, 2.05) is 13.0 Å². The second kappa shape index (κ2) is 6.79. The first-order valence-corrected chi connectivity index (χ1v) is 9.25. The van der Waals surface area contributed by atoms with Crippen molar-refractivity contribution in [1.82, 2.24) is 4.31 Å². The monoisotopic (exact) mass is 310 g/mol. The summed E-state index contributed by atoms with van der Waals surface area (Å²) >= 11 is 0. The summed E-state index contributed by atoms with van der Waals surface area (Å²) < 4.78 is 27.1. The van der Waals surface area contributed by atoms with Gasteiger partial charge in [0.15, 0.2) is 0 Å². The Kier molecular flexibility index (Phi) is 5.27. The summed E-state index contributed by atoms with van der Waals surface area (Å²) in [6.07, 6.45) is 4.89. The molecule has 4 nitrogen and oxygen atoms in total. The highest BCUT2D eigenvalue weighted by Gasteiger charge is 2.26. The molecule has 118 valence electrons. The topological polar surface area (TPSA) is 49.4 Å². The molecule has 0 aliphatic carbocycles. The average Bonchev–Trinajstić information content (AvgIpc) is 2.47. The second-order valence-corrected chi connectivity index (χ2v) is 7.81. The van der Waals surface area contributed by atoms with Crippen LogP contribution in [0.5, 0.6) is 0 Å². The fourth-order valence-corrected chi connectivity index (χ4v) is 4.29. The lowest BCUT2D eigenvalue weighted by Gasteiger charge is -2.25. The average molecular weight is 310 g/mol. The molecule has 0 saturated carbocycles. The highest BCUT2D eigenvalue weighted by Crippen LogP contribution is 2.32. The lowest BCUT2D eigenvalue weighted by molar-refractivity contribution is 0.453. The molecule has 0 atom stereocenters. The molecular weight excluding hydrogens is 284 g/mol. The molecule has 1 aromatic carbocycles. The van der Waals surface area contributed by atoms with Crippen LogP contribution >= 0.6 is 0 Å². The molecule has 0 bridgehead atoms. The zero-order valence-corrected chi connectivity index (χ0v) is 14.1. The number of unbranched alkanes of at least 4 members (excludes halogenated alkanes) is 2. The molecule has 0 fully saturated rings. The summed E-state index contributed by atoms with van der Waals surface area (Å²) in [6.45, 7) is 5.66. The van der Waals surface area contributed by atoms with E-state index < -0.39 is 10.0 Å². The molecule has 1 aromatic rings. The summed E-state index contributed by atoms with van der Waals surface area (Å²) in [6, 6.07) is 3.68. The predicted molar refractivity (Wildman–Crippen MR) is 87.3 cm³/mol. The molecule has 1 N–H and O–H groups in total. The quantitative estimate of drug-likeness (QED) is 0.821. The first-order valence-electron chi connectivity index (χ1n) is 7.81. The van der Waals surface area contributed by atoms with Crippen molar-refractivity contribution >= 4 is 15.7 Å². The highest BCUT2D eigenvalue weighted by atomic mass is 32.2. The first kappa shape index (κ1) is 16.3. The number of hydrogen-bond acceptors (Lipinski definition) is 3. The standard InChI is InChI=1S/C16H26N2O2S/c1-4-5-6-12-18(3)21(19,20)15-10-9-13(2)16-14(15)8-7-11-17-16/h9-10,17H,4-8,11-12H2,1-3H3. The van der Waals surface area contributed by atoms with E-state index in [0.29, 0.717) is 11.4 Å². The van der Waals surface area contributed by atoms with Gasteiger partial charge in [0.2, 0.25) is 10.0 Å². The van der Waals surface area contributed by atoms with Gasteiger partial charge in [-0.25, -0.2) is 12.7 Å². The second-order valence-electron chi connectivity index (χ2n) is 5.80. The third kappa shape index (κ3) is 3.40. The van der Waals surface area contributed by atoms with Crippen molar-refractivity contribution in [3.8, 4) is 0 Å². The molecule has 1 aliphatic heterocycles. The van der Waals surface area contributed by atoms with E-state index in [2.05, 4.69) is 12.2 Å². The molecule has 2 rings (SSSR count). The van der Waals surface area contributed by atoms with Crippen LogP contribution in [-0.4, -0.2) is 32.9 Å². The number of rotatable bonds is 6. The van der Waals surface area contributed by atoms with Crippen LogP contribution in [-0.2, 0) is 16.4 Å². The largest absolute Gasteiger partial charge is 0.385 e. The van der Waals surface area contributed by atoms with E-state index in [0.717, 1.165) is 55.5 Å². The number of benzene rings is 1. The van der Waals surface area contributed by atoms with Gasteiger partial charge in [0.1, 0.15) is 0 Å². The number of aryl methyl sites for hydroxylation is 1. The molecule has 0 spiro atoms. The van der Waals surface area contributed by atoms with Gasteiger partial charge >= 0.3 is 0 Å². The summed E-state index contributed by atoms with van der Waals surface area (Å²) in [7, 11) is -1.70. The smallest absolute Gasteiger partial charge is 0.243 e. The maximum atomic E-state index is 12.8. The van der Waals surface area contributed by atoms with E-state index >= 15 is 0 Å². The first-order chi connectivity index (χ1) is 9.98. The van der Waals surface area contributed by atoms with Crippen molar-refractivity contribution < 1.29 is 8.42 Å². The Bertz CT molecular complexity index is 597. The molecule has 1 heterocycles. The zero-order valence-electron chi connectivity index (χ0n) is 13.3. The Hall–Kier alpha value is -1.07. The van der Waals surface area contributed by atoms with Crippen LogP contribution < -0.4 is 5.32 Å². The van der Waals surface area contributed by atoms with Crippen molar-refractivity contribution in [3.63, 3.8) is 0 Å². The van der Waals surface area contributed by atoms with Gasteiger partial charge in [0.25, 0.3) is 0 Å². The summed E-state index contributed by atoms with van der Waals surface area (Å²) in [4.78, 5) is 0.481. The minimum absolute atomic E-state index is 0.481. The van der Waals surface area contributed by atoms with Gasteiger partial charge in [0.05, 0.1) is 4.90 Å². The third-order valence-electron chi connectivity index (χ3n) is 4.15. The number of anilines is 1. The molecule has 0 saturated heterocycles. The number of hydrogen-bond donors (Lipinski definition) is 1. The van der Waals surface area contributed by atoms with Gasteiger partial charge in [-0.15, -0.1) is 0 Å². The molecule has 0 radical (unpaired) electrons. The summed E-state index contributed by atoms with van der Waals surface area (Å²) in [5.74, 6) is 0. The van der Waals surface area contributed by atoms with Crippen LogP contribution in [0.15, 0.2) is 17.0 Å². The van der Waals surface area contributed by atoms with Crippen LogP contribution in [0, 0.1) is 6.92 Å². The predicted octanol–water partition coefficient (Wildman–Crippen LogP) is 3.16. The molecule has 0 aromatic heterocycles. The van der Waals surface area contributed by atoms with E-state index in [1.54, 1.807) is 13.1 Å². The Morgan fingerprint density at radius 3 is 2.76 bits per heavy atom. The molecule has 5 heteroatoms. The normalized spacial score (nSPS) is 14.9. The fraction of sp³-hybridized carbons (Fsp3) is 0.625. The minimum Gasteiger partial charge on any atom is -0.385 e. The van der Waals surface area contributed by atoms with Gasteiger partial charge in [-0.3, -0.25) is 0 Å². The van der Waals surface area contributed by atoms with E-state index in [9.17, 15) is 8.42 Å². The number of sulfonamides is 1. The van der Waals surface area contributed by atoms with Gasteiger partial charge in [0, 0.05) is 25.8 Å². The Labute approximate surface area is 128 Å². The molecule has 1 aliphatic rings. The lowest BCUT2D eigenvalue weighted by Crippen LogP contribution is -2.29. The van der Waals surface area contributed by atoms with Gasteiger partial charge in [-0.05, 0) is 43.4 Å².